The van der Waals surface area contributed by atoms with Crippen molar-refractivity contribution in [1.82, 2.24) is 10.8 Å². The van der Waals surface area contributed by atoms with E-state index in [1.165, 1.54) is 6.08 Å². The van der Waals surface area contributed by atoms with Gasteiger partial charge >= 0.3 is 0 Å². The number of nitrogens with one attached hydrogen (secondary N) is 2. The number of benzene rings is 2. The van der Waals surface area contributed by atoms with E-state index in [4.69, 9.17) is 5.21 Å². The molecule has 2 aromatic carbocycles. The molecule has 1 amide bonds. The fraction of sp³-hybridized carbons (Fsp3) is 0.250. The van der Waals surface area contributed by atoms with E-state index in [1.807, 2.05) is 48.5 Å². The van der Waals surface area contributed by atoms with Crippen molar-refractivity contribution >= 4 is 29.5 Å². The summed E-state index contributed by atoms with van der Waals surface area (Å²) < 4.78 is 0. The summed E-state index contributed by atoms with van der Waals surface area (Å²) in [6.45, 7) is 6.25. The minimum Gasteiger partial charge on any atom is -0.368 e. The lowest BCUT2D eigenvalue weighted by atomic mass is 10.1. The molecule has 1 saturated heterocycles. The Morgan fingerprint density at radius 2 is 1.60 bits per heavy atom. The van der Waals surface area contributed by atoms with Gasteiger partial charge in [-0.05, 0) is 67.5 Å². The van der Waals surface area contributed by atoms with Crippen LogP contribution in [0.2, 0.25) is 0 Å². The number of carbonyl (C=O) groups is 2. The van der Waals surface area contributed by atoms with Crippen molar-refractivity contribution in [3.63, 3.8) is 0 Å². The van der Waals surface area contributed by atoms with Crippen molar-refractivity contribution in [2.24, 2.45) is 0 Å². The van der Waals surface area contributed by atoms with Crippen LogP contribution in [0.25, 0.3) is 12.2 Å². The highest BCUT2D eigenvalue weighted by Crippen LogP contribution is 2.19. The molecule has 1 aliphatic rings. The monoisotopic (exact) mass is 405 g/mol. The van der Waals surface area contributed by atoms with Crippen LogP contribution in [0.1, 0.15) is 35.3 Å². The van der Waals surface area contributed by atoms with Crippen molar-refractivity contribution in [3.8, 4) is 0 Å². The Hall–Kier alpha value is -3.22. The maximum absolute atomic E-state index is 12.5. The summed E-state index contributed by atoms with van der Waals surface area (Å²) in [5, 5.41) is 12.1. The molecule has 0 radical (unpaired) electrons. The van der Waals surface area contributed by atoms with Crippen LogP contribution in [-0.2, 0) is 4.79 Å². The molecule has 2 atom stereocenters. The van der Waals surface area contributed by atoms with Crippen LogP contribution in [-0.4, -0.2) is 42.1 Å². The second-order valence-electron chi connectivity index (χ2n) is 7.60. The SMILES string of the molecule is C[C@@H]1CN(c2ccc(C(=O)C=Cc3cccc(C=CC(=O)NO)c3)cc2)C[C@H](C)N1. The predicted octanol–water partition coefficient (Wildman–Crippen LogP) is 3.29. The summed E-state index contributed by atoms with van der Waals surface area (Å²) in [5.41, 5.74) is 4.95. The molecule has 0 unspecified atom stereocenters. The third-order valence-electron chi connectivity index (χ3n) is 4.95. The van der Waals surface area contributed by atoms with Gasteiger partial charge in [0.1, 0.15) is 0 Å². The lowest BCUT2D eigenvalue weighted by molar-refractivity contribution is -0.124. The van der Waals surface area contributed by atoms with Crippen LogP contribution in [0.4, 0.5) is 5.69 Å². The van der Waals surface area contributed by atoms with Gasteiger partial charge in [-0.25, -0.2) is 5.48 Å². The van der Waals surface area contributed by atoms with Gasteiger partial charge in [-0.2, -0.15) is 0 Å². The molecule has 0 aliphatic carbocycles. The maximum Gasteiger partial charge on any atom is 0.267 e. The second kappa shape index (κ2) is 10.0. The highest BCUT2D eigenvalue weighted by Gasteiger charge is 2.21. The highest BCUT2D eigenvalue weighted by atomic mass is 16.5. The summed E-state index contributed by atoms with van der Waals surface area (Å²) in [6, 6.07) is 16.0. The molecular weight excluding hydrogens is 378 g/mol. The maximum atomic E-state index is 12.5. The topological polar surface area (TPSA) is 81.7 Å². The van der Waals surface area contributed by atoms with E-state index in [2.05, 4.69) is 24.1 Å². The minimum absolute atomic E-state index is 0.0656. The molecule has 30 heavy (non-hydrogen) atoms. The van der Waals surface area contributed by atoms with Gasteiger partial charge in [0, 0.05) is 42.5 Å². The summed E-state index contributed by atoms with van der Waals surface area (Å²) >= 11 is 0. The van der Waals surface area contributed by atoms with Gasteiger partial charge in [-0.1, -0.05) is 24.3 Å². The first-order valence-electron chi connectivity index (χ1n) is 10.0. The summed E-state index contributed by atoms with van der Waals surface area (Å²) in [7, 11) is 0. The molecule has 0 aromatic heterocycles. The highest BCUT2D eigenvalue weighted by molar-refractivity contribution is 6.07. The molecule has 0 bridgehead atoms. The Bertz CT molecular complexity index is 940. The first-order chi connectivity index (χ1) is 14.4. The molecule has 1 aliphatic heterocycles. The Morgan fingerprint density at radius 1 is 1.00 bits per heavy atom. The molecular formula is C24H27N3O3. The van der Waals surface area contributed by atoms with Crippen LogP contribution < -0.4 is 15.7 Å². The lowest BCUT2D eigenvalue weighted by Gasteiger charge is -2.37. The number of piperazine rings is 1. The molecule has 3 N–H and O–H groups in total. The molecule has 1 heterocycles. The summed E-state index contributed by atoms with van der Waals surface area (Å²) in [5.74, 6) is -0.663. The fourth-order valence-corrected chi connectivity index (χ4v) is 3.62. The zero-order valence-corrected chi connectivity index (χ0v) is 17.2. The molecule has 0 saturated carbocycles. The number of amides is 1. The van der Waals surface area contributed by atoms with Crippen LogP contribution in [0.3, 0.4) is 0 Å². The second-order valence-corrected chi connectivity index (χ2v) is 7.60. The van der Waals surface area contributed by atoms with E-state index in [-0.39, 0.29) is 5.78 Å². The van der Waals surface area contributed by atoms with E-state index in [0.29, 0.717) is 17.6 Å². The number of hydrogen-bond donors (Lipinski definition) is 3. The van der Waals surface area contributed by atoms with Gasteiger partial charge < -0.3 is 10.2 Å². The fourth-order valence-electron chi connectivity index (χ4n) is 3.62. The first-order valence-corrected chi connectivity index (χ1v) is 10.0. The molecule has 6 nitrogen and oxygen atoms in total. The molecule has 156 valence electrons. The normalized spacial score (nSPS) is 19.4. The van der Waals surface area contributed by atoms with Gasteiger partial charge in [0.25, 0.3) is 5.91 Å². The molecule has 6 heteroatoms. The zero-order chi connectivity index (χ0) is 21.5. The summed E-state index contributed by atoms with van der Waals surface area (Å²) in [4.78, 5) is 26.0. The average molecular weight is 405 g/mol. The van der Waals surface area contributed by atoms with Crippen LogP contribution in [0.15, 0.2) is 60.7 Å². The molecule has 3 rings (SSSR count). The number of carbonyl (C=O) groups excluding carboxylic acids is 2. The van der Waals surface area contributed by atoms with E-state index in [9.17, 15) is 9.59 Å². The third kappa shape index (κ3) is 5.89. The zero-order valence-electron chi connectivity index (χ0n) is 17.2. The number of allylic oxidation sites excluding steroid dienone is 1. The minimum atomic E-state index is -0.598. The number of hydrogen-bond acceptors (Lipinski definition) is 5. The third-order valence-corrected chi connectivity index (χ3v) is 4.95. The Kier molecular flexibility index (Phi) is 7.17. The van der Waals surface area contributed by atoms with Gasteiger partial charge in [-0.3, -0.25) is 14.8 Å². The Balaban J connectivity index is 1.65. The quantitative estimate of drug-likeness (QED) is 0.297. The van der Waals surface area contributed by atoms with Crippen molar-refractivity contribution in [1.29, 1.82) is 0 Å². The Morgan fingerprint density at radius 3 is 2.20 bits per heavy atom. The van der Waals surface area contributed by atoms with E-state index in [0.717, 1.165) is 29.9 Å². The van der Waals surface area contributed by atoms with Gasteiger partial charge in [-0.15, -0.1) is 0 Å². The number of anilines is 1. The van der Waals surface area contributed by atoms with Crippen LogP contribution >= 0.6 is 0 Å². The average Bonchev–Trinajstić information content (AvgIpc) is 2.75. The largest absolute Gasteiger partial charge is 0.368 e. The van der Waals surface area contributed by atoms with Crippen molar-refractivity contribution in [2.75, 3.05) is 18.0 Å². The number of nitrogens with zero attached hydrogens (tertiary/aromatic N) is 1. The van der Waals surface area contributed by atoms with Gasteiger partial charge in [0.15, 0.2) is 5.78 Å². The number of rotatable bonds is 6. The van der Waals surface area contributed by atoms with Crippen molar-refractivity contribution in [2.45, 2.75) is 25.9 Å². The molecule has 0 spiro atoms. The molecule has 1 fully saturated rings. The smallest absolute Gasteiger partial charge is 0.267 e. The predicted molar refractivity (Wildman–Crippen MR) is 119 cm³/mol. The van der Waals surface area contributed by atoms with E-state index >= 15 is 0 Å². The standard InChI is InChI=1S/C24H27N3O3/c1-17-15-27(16-18(2)25-17)22-10-8-21(9-11-22)23(28)12-6-19-4-3-5-20(14-19)7-13-24(29)26-30/h3-14,17-18,25,30H,15-16H2,1-2H3,(H,26,29)/t17-,18+. The van der Waals surface area contributed by atoms with Crippen LogP contribution in [0.5, 0.6) is 0 Å². The Labute approximate surface area is 176 Å². The lowest BCUT2D eigenvalue weighted by Crippen LogP contribution is -2.54. The van der Waals surface area contributed by atoms with Crippen LogP contribution in [0, 0.1) is 0 Å². The first kappa shape index (κ1) is 21.5. The van der Waals surface area contributed by atoms with Crippen molar-refractivity contribution in [3.05, 3.63) is 77.4 Å². The molecule has 2 aromatic rings. The van der Waals surface area contributed by atoms with Gasteiger partial charge in [0.05, 0.1) is 0 Å². The van der Waals surface area contributed by atoms with Gasteiger partial charge in [0.2, 0.25) is 0 Å². The van der Waals surface area contributed by atoms with E-state index < -0.39 is 5.91 Å². The van der Waals surface area contributed by atoms with E-state index in [1.54, 1.807) is 23.7 Å². The summed E-state index contributed by atoms with van der Waals surface area (Å²) in [6.07, 6.45) is 6.11. The number of ketones is 1. The number of hydroxylamine groups is 1. The van der Waals surface area contributed by atoms with Crippen molar-refractivity contribution < 1.29 is 14.8 Å².